The van der Waals surface area contributed by atoms with E-state index in [2.05, 4.69) is 4.72 Å². The van der Waals surface area contributed by atoms with E-state index in [1.807, 2.05) is 0 Å². The third-order valence-electron chi connectivity index (χ3n) is 5.42. The van der Waals surface area contributed by atoms with Gasteiger partial charge in [0.1, 0.15) is 0 Å². The van der Waals surface area contributed by atoms with Crippen LogP contribution in [0.5, 0.6) is 0 Å². The summed E-state index contributed by atoms with van der Waals surface area (Å²) in [5, 5.41) is 0. The quantitative estimate of drug-likeness (QED) is 0.832. The van der Waals surface area contributed by atoms with E-state index >= 15 is 0 Å². The summed E-state index contributed by atoms with van der Waals surface area (Å²) in [5.74, 6) is 0.295. The van der Waals surface area contributed by atoms with Gasteiger partial charge in [-0.15, -0.1) is 0 Å². The molecule has 7 heteroatoms. The van der Waals surface area contributed by atoms with Crippen molar-refractivity contribution in [1.29, 1.82) is 0 Å². The molecule has 1 amide bonds. The molecule has 1 aromatic rings. The molecule has 3 rings (SSSR count). The first-order valence-corrected chi connectivity index (χ1v) is 10.5. The Kier molecular flexibility index (Phi) is 5.46. The van der Waals surface area contributed by atoms with Gasteiger partial charge in [0.05, 0.1) is 4.90 Å². The predicted molar refractivity (Wildman–Crippen MR) is 97.9 cm³/mol. The largest absolute Gasteiger partial charge is 0.329 e. The summed E-state index contributed by atoms with van der Waals surface area (Å²) in [6.45, 7) is 2.44. The molecule has 1 atom stereocenters. The first kappa shape index (κ1) is 18.4. The highest BCUT2D eigenvalue weighted by Crippen LogP contribution is 2.31. The highest BCUT2D eigenvalue weighted by Gasteiger charge is 2.29. The van der Waals surface area contributed by atoms with E-state index in [0.29, 0.717) is 25.4 Å². The smallest absolute Gasteiger partial charge is 0.240 e. The maximum absolute atomic E-state index is 12.8. The Balaban J connectivity index is 1.79. The van der Waals surface area contributed by atoms with Crippen LogP contribution >= 0.6 is 0 Å². The second-order valence-electron chi connectivity index (χ2n) is 7.07. The van der Waals surface area contributed by atoms with Gasteiger partial charge in [-0.05, 0) is 48.9 Å². The van der Waals surface area contributed by atoms with E-state index in [-0.39, 0.29) is 16.8 Å². The van der Waals surface area contributed by atoms with Crippen LogP contribution in [0.4, 0.5) is 5.69 Å². The molecule has 1 heterocycles. The van der Waals surface area contributed by atoms with E-state index in [9.17, 15) is 13.2 Å². The van der Waals surface area contributed by atoms with Gasteiger partial charge in [-0.25, -0.2) is 13.1 Å². The van der Waals surface area contributed by atoms with Crippen molar-refractivity contribution in [3.8, 4) is 0 Å². The third-order valence-corrected chi connectivity index (χ3v) is 6.90. The Bertz CT molecular complexity index is 742. The van der Waals surface area contributed by atoms with Crippen molar-refractivity contribution in [2.75, 3.05) is 18.0 Å². The molecular formula is C18H27N3O3S. The summed E-state index contributed by atoms with van der Waals surface area (Å²) in [6.07, 6.45) is 6.24. The van der Waals surface area contributed by atoms with Crippen molar-refractivity contribution >= 4 is 21.6 Å². The minimum absolute atomic E-state index is 0.0204. The van der Waals surface area contributed by atoms with Crippen LogP contribution in [0.2, 0.25) is 0 Å². The number of nitrogens with one attached hydrogen (secondary N) is 1. The van der Waals surface area contributed by atoms with Gasteiger partial charge in [-0.3, -0.25) is 4.79 Å². The number of anilines is 1. The van der Waals surface area contributed by atoms with Gasteiger partial charge < -0.3 is 10.6 Å². The molecule has 1 unspecified atom stereocenters. The second kappa shape index (κ2) is 7.43. The number of fused-ring (bicyclic) bond motifs is 1. The van der Waals surface area contributed by atoms with Crippen LogP contribution in [-0.2, 0) is 21.2 Å². The molecule has 0 aromatic heterocycles. The molecule has 0 spiro atoms. The van der Waals surface area contributed by atoms with E-state index in [1.165, 1.54) is 13.3 Å². The molecule has 1 aliphatic heterocycles. The van der Waals surface area contributed by atoms with Crippen molar-refractivity contribution in [1.82, 2.24) is 4.72 Å². The molecule has 1 fully saturated rings. The highest BCUT2D eigenvalue weighted by molar-refractivity contribution is 7.89. The Hall–Kier alpha value is -1.44. The first-order valence-electron chi connectivity index (χ1n) is 9.06. The molecular weight excluding hydrogens is 338 g/mol. The zero-order valence-corrected chi connectivity index (χ0v) is 15.5. The minimum Gasteiger partial charge on any atom is -0.329 e. The summed E-state index contributed by atoms with van der Waals surface area (Å²) < 4.78 is 28.4. The fourth-order valence-corrected chi connectivity index (χ4v) is 5.38. The number of carbonyl (C=O) groups excluding carboxylic acids is 1. The van der Waals surface area contributed by atoms with Crippen molar-refractivity contribution in [2.45, 2.75) is 56.4 Å². The Labute approximate surface area is 149 Å². The monoisotopic (exact) mass is 365 g/mol. The third kappa shape index (κ3) is 3.88. The van der Waals surface area contributed by atoms with Crippen LogP contribution in [0, 0.1) is 5.92 Å². The molecule has 1 aliphatic carbocycles. The number of carbonyl (C=O) groups is 1. The molecule has 2 aliphatic rings. The summed E-state index contributed by atoms with van der Waals surface area (Å²) >= 11 is 0. The molecule has 1 saturated carbocycles. The SMILES string of the molecule is CC(=O)N1CCc2cc(S(=O)(=O)NC(CN)C3CCCCC3)ccc21. The molecule has 25 heavy (non-hydrogen) atoms. The molecule has 6 nitrogen and oxygen atoms in total. The number of sulfonamides is 1. The number of rotatable bonds is 5. The lowest BCUT2D eigenvalue weighted by Gasteiger charge is -2.29. The topological polar surface area (TPSA) is 92.5 Å². The van der Waals surface area contributed by atoms with Crippen molar-refractivity contribution in [3.63, 3.8) is 0 Å². The molecule has 138 valence electrons. The van der Waals surface area contributed by atoms with Crippen LogP contribution in [0.15, 0.2) is 23.1 Å². The van der Waals surface area contributed by atoms with Crippen molar-refractivity contribution in [2.24, 2.45) is 11.7 Å². The normalized spacial score (nSPS) is 19.7. The average molecular weight is 365 g/mol. The van der Waals surface area contributed by atoms with E-state index in [1.54, 1.807) is 23.1 Å². The zero-order chi connectivity index (χ0) is 18.0. The average Bonchev–Trinajstić information content (AvgIpc) is 3.04. The lowest BCUT2D eigenvalue weighted by atomic mass is 9.84. The van der Waals surface area contributed by atoms with Crippen molar-refractivity contribution in [3.05, 3.63) is 23.8 Å². The molecule has 0 saturated heterocycles. The van der Waals surface area contributed by atoms with Gasteiger partial charge in [0.25, 0.3) is 0 Å². The Morgan fingerprint density at radius 1 is 1.32 bits per heavy atom. The first-order chi connectivity index (χ1) is 11.9. The van der Waals surface area contributed by atoms with Gasteiger partial charge in [-0.1, -0.05) is 19.3 Å². The molecule has 1 aromatic carbocycles. The van der Waals surface area contributed by atoms with Crippen LogP contribution in [-0.4, -0.2) is 33.5 Å². The van der Waals surface area contributed by atoms with Gasteiger partial charge in [0.2, 0.25) is 15.9 Å². The van der Waals surface area contributed by atoms with Gasteiger partial charge in [0, 0.05) is 31.7 Å². The second-order valence-corrected chi connectivity index (χ2v) is 8.79. The van der Waals surface area contributed by atoms with Crippen LogP contribution in [0.25, 0.3) is 0 Å². The lowest BCUT2D eigenvalue weighted by Crippen LogP contribution is -2.45. The number of nitrogens with two attached hydrogens (primary N) is 1. The number of nitrogens with zero attached hydrogens (tertiary/aromatic N) is 1. The number of amides is 1. The maximum Gasteiger partial charge on any atom is 0.240 e. The summed E-state index contributed by atoms with van der Waals surface area (Å²) in [5.41, 5.74) is 7.58. The van der Waals surface area contributed by atoms with Crippen LogP contribution in [0.1, 0.15) is 44.6 Å². The van der Waals surface area contributed by atoms with E-state index in [0.717, 1.165) is 36.9 Å². The van der Waals surface area contributed by atoms with Crippen LogP contribution in [0.3, 0.4) is 0 Å². The fourth-order valence-electron chi connectivity index (χ4n) is 4.01. The number of benzene rings is 1. The van der Waals surface area contributed by atoms with Gasteiger partial charge in [0.15, 0.2) is 0 Å². The fraction of sp³-hybridized carbons (Fsp3) is 0.611. The summed E-state index contributed by atoms with van der Waals surface area (Å²) in [7, 11) is -3.61. The number of hydrogen-bond donors (Lipinski definition) is 2. The molecule has 3 N–H and O–H groups in total. The van der Waals surface area contributed by atoms with E-state index < -0.39 is 10.0 Å². The molecule has 0 radical (unpaired) electrons. The summed E-state index contributed by atoms with van der Waals surface area (Å²) in [6, 6.07) is 4.79. The van der Waals surface area contributed by atoms with E-state index in [4.69, 9.17) is 5.73 Å². The minimum atomic E-state index is -3.61. The molecule has 0 bridgehead atoms. The Morgan fingerprint density at radius 3 is 2.68 bits per heavy atom. The number of hydrogen-bond acceptors (Lipinski definition) is 4. The van der Waals surface area contributed by atoms with Crippen LogP contribution < -0.4 is 15.4 Å². The van der Waals surface area contributed by atoms with Gasteiger partial charge in [-0.2, -0.15) is 0 Å². The standard InChI is InChI=1S/C18H27N3O3S/c1-13(22)21-10-9-15-11-16(7-8-18(15)21)25(23,24)20-17(12-19)14-5-3-2-4-6-14/h7-8,11,14,17,20H,2-6,9-10,12,19H2,1H3. The van der Waals surface area contributed by atoms with Crippen molar-refractivity contribution < 1.29 is 13.2 Å². The maximum atomic E-state index is 12.8. The summed E-state index contributed by atoms with van der Waals surface area (Å²) in [4.78, 5) is 13.6. The lowest BCUT2D eigenvalue weighted by molar-refractivity contribution is -0.116. The van der Waals surface area contributed by atoms with Gasteiger partial charge >= 0.3 is 0 Å². The zero-order valence-electron chi connectivity index (χ0n) is 14.7. The Morgan fingerprint density at radius 2 is 2.04 bits per heavy atom. The highest BCUT2D eigenvalue weighted by atomic mass is 32.2. The predicted octanol–water partition coefficient (Wildman–Crippen LogP) is 1.78.